The first-order chi connectivity index (χ1) is 7.99. The molecule has 0 atom stereocenters. The Kier molecular flexibility index (Phi) is 4.52. The van der Waals surface area contributed by atoms with Gasteiger partial charge in [-0.1, -0.05) is 0 Å². The second kappa shape index (κ2) is 5.68. The lowest BCUT2D eigenvalue weighted by Gasteiger charge is -2.09. The molecule has 17 heavy (non-hydrogen) atoms. The van der Waals surface area contributed by atoms with Gasteiger partial charge < -0.3 is 4.74 Å². The molecule has 0 fully saturated rings. The van der Waals surface area contributed by atoms with Gasteiger partial charge in [0.15, 0.2) is 0 Å². The highest BCUT2D eigenvalue weighted by molar-refractivity contribution is 9.10. The first-order valence-corrected chi connectivity index (χ1v) is 5.23. The van der Waals surface area contributed by atoms with E-state index in [0.29, 0.717) is 0 Å². The van der Waals surface area contributed by atoms with E-state index < -0.39 is 24.5 Å². The highest BCUT2D eigenvalue weighted by Crippen LogP contribution is 2.26. The number of ether oxygens (including phenoxy) is 1. The fraction of sp³-hybridized carbons (Fsp3) is 0.300. The van der Waals surface area contributed by atoms with Gasteiger partial charge in [0.05, 0.1) is 25.2 Å². The van der Waals surface area contributed by atoms with Crippen LogP contribution in [0.5, 0.6) is 0 Å². The maximum Gasteiger partial charge on any atom is 0.310 e. The molecule has 4 nitrogen and oxygen atoms in total. The Morgan fingerprint density at radius 1 is 1.71 bits per heavy atom. The van der Waals surface area contributed by atoms with E-state index in [1.807, 2.05) is 0 Å². The molecular weight excluding hydrogens is 298 g/mol. The van der Waals surface area contributed by atoms with Gasteiger partial charge in [0.1, 0.15) is 10.3 Å². The van der Waals surface area contributed by atoms with E-state index in [9.17, 15) is 13.6 Å². The molecule has 0 aliphatic heterocycles. The van der Waals surface area contributed by atoms with E-state index in [4.69, 9.17) is 5.26 Å². The van der Waals surface area contributed by atoms with Crippen molar-refractivity contribution >= 4 is 21.9 Å². The summed E-state index contributed by atoms with van der Waals surface area (Å²) in [6, 6.07) is 3.03. The van der Waals surface area contributed by atoms with Gasteiger partial charge in [-0.3, -0.25) is 4.79 Å². The molecule has 1 rings (SSSR count). The molecule has 90 valence electrons. The zero-order chi connectivity index (χ0) is 13.0. The Bertz CT molecular complexity index is 486. The van der Waals surface area contributed by atoms with Crippen molar-refractivity contribution in [3.8, 4) is 6.07 Å². The van der Waals surface area contributed by atoms with Crippen molar-refractivity contribution in [1.82, 2.24) is 4.98 Å². The second-order valence-corrected chi connectivity index (χ2v) is 3.83. The average molecular weight is 305 g/mol. The Hall–Kier alpha value is -1.55. The van der Waals surface area contributed by atoms with Gasteiger partial charge in [-0.25, -0.2) is 13.8 Å². The van der Waals surface area contributed by atoms with Crippen molar-refractivity contribution in [1.29, 1.82) is 5.26 Å². The normalized spacial score (nSPS) is 10.1. The summed E-state index contributed by atoms with van der Waals surface area (Å²) in [5, 5.41) is 8.84. The van der Waals surface area contributed by atoms with Crippen molar-refractivity contribution in [2.75, 3.05) is 7.11 Å². The molecule has 0 unspecified atom stereocenters. The summed E-state index contributed by atoms with van der Waals surface area (Å²) < 4.78 is 30.0. The first-order valence-electron chi connectivity index (χ1n) is 4.44. The molecule has 0 saturated heterocycles. The summed E-state index contributed by atoms with van der Waals surface area (Å²) in [5.41, 5.74) is -0.702. The molecule has 1 aromatic heterocycles. The number of aromatic nitrogens is 1. The third-order valence-corrected chi connectivity index (χ3v) is 2.41. The van der Waals surface area contributed by atoms with Gasteiger partial charge in [0.25, 0.3) is 6.43 Å². The summed E-state index contributed by atoms with van der Waals surface area (Å²) >= 11 is 2.93. The smallest absolute Gasteiger partial charge is 0.310 e. The monoisotopic (exact) mass is 304 g/mol. The highest BCUT2D eigenvalue weighted by atomic mass is 79.9. The lowest BCUT2D eigenvalue weighted by atomic mass is 10.0. The predicted molar refractivity (Wildman–Crippen MR) is 57.3 cm³/mol. The molecule has 1 aromatic rings. The SMILES string of the molecule is COC(=O)Cc1c(C#N)cc(Br)nc1C(F)F. The van der Waals surface area contributed by atoms with Gasteiger partial charge >= 0.3 is 5.97 Å². The number of nitriles is 1. The van der Waals surface area contributed by atoms with Crippen LogP contribution >= 0.6 is 15.9 Å². The van der Waals surface area contributed by atoms with Crippen LogP contribution in [0.2, 0.25) is 0 Å². The topological polar surface area (TPSA) is 63.0 Å². The number of methoxy groups -OCH3 is 1. The lowest BCUT2D eigenvalue weighted by Crippen LogP contribution is -2.11. The number of alkyl halides is 2. The van der Waals surface area contributed by atoms with Crippen LogP contribution in [-0.2, 0) is 16.0 Å². The van der Waals surface area contributed by atoms with Crippen LogP contribution in [-0.4, -0.2) is 18.1 Å². The summed E-state index contributed by atoms with van der Waals surface area (Å²) in [7, 11) is 1.14. The van der Waals surface area contributed by atoms with Gasteiger partial charge in [-0.05, 0) is 22.0 Å². The zero-order valence-electron chi connectivity index (χ0n) is 8.71. The van der Waals surface area contributed by atoms with Crippen molar-refractivity contribution in [3.63, 3.8) is 0 Å². The number of carbonyl (C=O) groups is 1. The molecule has 0 spiro atoms. The molecule has 7 heteroatoms. The second-order valence-electron chi connectivity index (χ2n) is 3.02. The van der Waals surface area contributed by atoms with Crippen molar-refractivity contribution < 1.29 is 18.3 Å². The molecule has 0 N–H and O–H groups in total. The number of rotatable bonds is 3. The van der Waals surface area contributed by atoms with Crippen LogP contribution in [0.25, 0.3) is 0 Å². The third-order valence-electron chi connectivity index (χ3n) is 2.00. The van der Waals surface area contributed by atoms with Crippen molar-refractivity contribution in [2.45, 2.75) is 12.8 Å². The van der Waals surface area contributed by atoms with E-state index in [2.05, 4.69) is 25.7 Å². The fourth-order valence-electron chi connectivity index (χ4n) is 1.24. The molecule has 1 heterocycles. The summed E-state index contributed by atoms with van der Waals surface area (Å²) in [4.78, 5) is 14.7. The van der Waals surface area contributed by atoms with E-state index >= 15 is 0 Å². The fourth-order valence-corrected chi connectivity index (χ4v) is 1.66. The maximum absolute atomic E-state index is 12.7. The molecule has 0 radical (unpaired) electrons. The molecular formula is C10H7BrF2N2O2. The van der Waals surface area contributed by atoms with E-state index in [-0.39, 0.29) is 15.7 Å². The molecule has 0 bridgehead atoms. The first kappa shape index (κ1) is 13.5. The molecule has 0 aromatic carbocycles. The van der Waals surface area contributed by atoms with Crippen LogP contribution in [0.4, 0.5) is 8.78 Å². The van der Waals surface area contributed by atoms with Crippen LogP contribution < -0.4 is 0 Å². The molecule has 0 aliphatic carbocycles. The maximum atomic E-state index is 12.7. The van der Waals surface area contributed by atoms with Crippen molar-refractivity contribution in [2.24, 2.45) is 0 Å². The van der Waals surface area contributed by atoms with Gasteiger partial charge in [0, 0.05) is 5.56 Å². The number of esters is 1. The Morgan fingerprint density at radius 3 is 2.82 bits per heavy atom. The van der Waals surface area contributed by atoms with Gasteiger partial charge in [-0.2, -0.15) is 5.26 Å². The van der Waals surface area contributed by atoms with Gasteiger partial charge in [0.2, 0.25) is 0 Å². The van der Waals surface area contributed by atoms with Crippen LogP contribution in [0.3, 0.4) is 0 Å². The highest BCUT2D eigenvalue weighted by Gasteiger charge is 2.21. The van der Waals surface area contributed by atoms with Crippen LogP contribution in [0.1, 0.15) is 23.2 Å². The molecule has 0 aliphatic rings. The van der Waals surface area contributed by atoms with E-state index in [1.54, 1.807) is 6.07 Å². The summed E-state index contributed by atoms with van der Waals surface area (Å²) in [6.07, 6.45) is -3.27. The largest absolute Gasteiger partial charge is 0.469 e. The predicted octanol–water partition coefficient (Wildman–Crippen LogP) is 2.37. The number of halogens is 3. The Labute approximate surface area is 104 Å². The van der Waals surface area contributed by atoms with Gasteiger partial charge in [-0.15, -0.1) is 0 Å². The molecule has 0 amide bonds. The minimum Gasteiger partial charge on any atom is -0.469 e. The minimum atomic E-state index is -2.86. The van der Waals surface area contributed by atoms with Crippen LogP contribution in [0.15, 0.2) is 10.7 Å². The number of nitrogens with zero attached hydrogens (tertiary/aromatic N) is 2. The number of hydrogen-bond acceptors (Lipinski definition) is 4. The van der Waals surface area contributed by atoms with Crippen molar-refractivity contribution in [3.05, 3.63) is 27.5 Å². The summed E-state index contributed by atoms with van der Waals surface area (Å²) in [5.74, 6) is -0.701. The number of pyridine rings is 1. The summed E-state index contributed by atoms with van der Waals surface area (Å²) in [6.45, 7) is 0. The van der Waals surface area contributed by atoms with Crippen LogP contribution in [0, 0.1) is 11.3 Å². The van der Waals surface area contributed by atoms with E-state index in [0.717, 1.165) is 7.11 Å². The minimum absolute atomic E-state index is 0.0208. The van der Waals surface area contributed by atoms with E-state index in [1.165, 1.54) is 6.07 Å². The lowest BCUT2D eigenvalue weighted by molar-refractivity contribution is -0.139. The Morgan fingerprint density at radius 2 is 2.35 bits per heavy atom. The number of carbonyl (C=O) groups excluding carboxylic acids is 1. The average Bonchev–Trinajstić information content (AvgIpc) is 2.30. The number of hydrogen-bond donors (Lipinski definition) is 0. The Balaban J connectivity index is 3.33. The molecule has 0 saturated carbocycles. The zero-order valence-corrected chi connectivity index (χ0v) is 10.3. The quantitative estimate of drug-likeness (QED) is 0.635. The third kappa shape index (κ3) is 3.20. The standard InChI is InChI=1S/C10H7BrF2N2O2/c1-17-8(16)3-6-5(4-14)2-7(11)15-9(6)10(12)13/h2,10H,3H2,1H3.